The minimum atomic E-state index is -0.314. The summed E-state index contributed by atoms with van der Waals surface area (Å²) in [4.78, 5) is 14.1. The van der Waals surface area contributed by atoms with Gasteiger partial charge in [-0.15, -0.1) is 0 Å². The molecule has 1 N–H and O–H groups in total. The van der Waals surface area contributed by atoms with Crippen LogP contribution in [0, 0.1) is 12.7 Å². The highest BCUT2D eigenvalue weighted by Gasteiger charge is 2.15. The minimum absolute atomic E-state index is 0.109. The van der Waals surface area contributed by atoms with Crippen LogP contribution in [0.4, 0.5) is 15.8 Å². The average molecular weight is 286 g/mol. The van der Waals surface area contributed by atoms with Crippen LogP contribution in [0.2, 0.25) is 0 Å². The molecule has 0 saturated heterocycles. The molecule has 2 aromatic carbocycles. The van der Waals surface area contributed by atoms with Crippen molar-refractivity contribution in [2.45, 2.75) is 13.8 Å². The molecule has 0 spiro atoms. The average Bonchev–Trinajstić information content (AvgIpc) is 2.47. The Morgan fingerprint density at radius 2 is 1.86 bits per heavy atom. The van der Waals surface area contributed by atoms with Crippen LogP contribution in [0.25, 0.3) is 0 Å². The predicted molar refractivity (Wildman–Crippen MR) is 84.5 cm³/mol. The Balaban J connectivity index is 2.25. The zero-order valence-corrected chi connectivity index (χ0v) is 12.5. The maximum absolute atomic E-state index is 12.9. The molecule has 0 aliphatic carbocycles. The number of aryl methyl sites for hydroxylation is 1. The molecule has 0 aliphatic heterocycles. The van der Waals surface area contributed by atoms with Crippen LogP contribution in [0.5, 0.6) is 0 Å². The van der Waals surface area contributed by atoms with Crippen LogP contribution in [-0.2, 0) is 0 Å². The summed E-state index contributed by atoms with van der Waals surface area (Å²) in [6.45, 7) is 4.77. The van der Waals surface area contributed by atoms with Crippen LogP contribution in [0.1, 0.15) is 22.8 Å². The van der Waals surface area contributed by atoms with E-state index in [1.165, 1.54) is 17.0 Å². The van der Waals surface area contributed by atoms with Gasteiger partial charge in [0.15, 0.2) is 0 Å². The molecule has 0 atom stereocenters. The normalized spacial score (nSPS) is 10.3. The van der Waals surface area contributed by atoms with Crippen molar-refractivity contribution in [3.05, 3.63) is 59.4 Å². The van der Waals surface area contributed by atoms with Gasteiger partial charge in [0.05, 0.1) is 0 Å². The Hall–Kier alpha value is -2.36. The fourth-order valence-corrected chi connectivity index (χ4v) is 2.18. The van der Waals surface area contributed by atoms with Crippen molar-refractivity contribution in [2.75, 3.05) is 23.8 Å². The van der Waals surface area contributed by atoms with Gasteiger partial charge in [0, 0.05) is 30.5 Å². The number of nitrogens with zero attached hydrogens (tertiary/aromatic N) is 1. The highest BCUT2D eigenvalue weighted by atomic mass is 19.1. The summed E-state index contributed by atoms with van der Waals surface area (Å²) < 4.78 is 12.9. The van der Waals surface area contributed by atoms with Gasteiger partial charge in [-0.05, 0) is 61.9 Å². The summed E-state index contributed by atoms with van der Waals surface area (Å²) in [5.41, 5.74) is 3.21. The van der Waals surface area contributed by atoms with Crippen LogP contribution in [0.3, 0.4) is 0 Å². The molecular formula is C17H19FN2O. The molecule has 0 aliphatic rings. The number of hydrogen-bond donors (Lipinski definition) is 1. The second-order valence-electron chi connectivity index (χ2n) is 4.90. The zero-order chi connectivity index (χ0) is 15.4. The molecule has 0 saturated carbocycles. The SMILES string of the molecule is CCNc1ccc(C(=O)N(C)c2ccc(F)cc2)c(C)c1. The van der Waals surface area contributed by atoms with Crippen LogP contribution in [-0.4, -0.2) is 19.5 Å². The van der Waals surface area contributed by atoms with Crippen LogP contribution in [0.15, 0.2) is 42.5 Å². The summed E-state index contributed by atoms with van der Waals surface area (Å²) in [6, 6.07) is 11.5. The van der Waals surface area contributed by atoms with E-state index in [1.54, 1.807) is 19.2 Å². The molecule has 110 valence electrons. The van der Waals surface area contributed by atoms with E-state index >= 15 is 0 Å². The number of rotatable bonds is 4. The monoisotopic (exact) mass is 286 g/mol. The molecule has 3 nitrogen and oxygen atoms in total. The molecule has 1 amide bonds. The fraction of sp³-hybridized carbons (Fsp3) is 0.235. The van der Waals surface area contributed by atoms with Crippen molar-refractivity contribution in [2.24, 2.45) is 0 Å². The van der Waals surface area contributed by atoms with Gasteiger partial charge in [0.1, 0.15) is 5.82 Å². The van der Waals surface area contributed by atoms with Gasteiger partial charge in [0.2, 0.25) is 0 Å². The van der Waals surface area contributed by atoms with Gasteiger partial charge in [-0.2, -0.15) is 0 Å². The van der Waals surface area contributed by atoms with Gasteiger partial charge >= 0.3 is 0 Å². The van der Waals surface area contributed by atoms with Gasteiger partial charge in [-0.1, -0.05) is 0 Å². The molecule has 0 radical (unpaired) electrons. The Morgan fingerprint density at radius 3 is 2.43 bits per heavy atom. The fourth-order valence-electron chi connectivity index (χ4n) is 2.18. The van der Waals surface area contributed by atoms with Gasteiger partial charge < -0.3 is 10.2 Å². The smallest absolute Gasteiger partial charge is 0.258 e. The number of carbonyl (C=O) groups is 1. The quantitative estimate of drug-likeness (QED) is 0.926. The molecule has 0 bridgehead atoms. The summed E-state index contributed by atoms with van der Waals surface area (Å²) in [7, 11) is 1.69. The lowest BCUT2D eigenvalue weighted by Crippen LogP contribution is -2.26. The number of hydrogen-bond acceptors (Lipinski definition) is 2. The van der Waals surface area contributed by atoms with Crippen molar-refractivity contribution in [1.29, 1.82) is 0 Å². The Bertz CT molecular complexity index is 638. The predicted octanol–water partition coefficient (Wildman–Crippen LogP) is 3.84. The first kappa shape index (κ1) is 15.0. The topological polar surface area (TPSA) is 32.3 Å². The van der Waals surface area contributed by atoms with E-state index in [0.717, 1.165) is 17.8 Å². The maximum Gasteiger partial charge on any atom is 0.258 e. The molecule has 0 aromatic heterocycles. The third-order valence-corrected chi connectivity index (χ3v) is 3.36. The van der Waals surface area contributed by atoms with Gasteiger partial charge in [-0.3, -0.25) is 4.79 Å². The Labute approximate surface area is 124 Å². The van der Waals surface area contributed by atoms with Crippen molar-refractivity contribution < 1.29 is 9.18 Å². The second-order valence-corrected chi connectivity index (χ2v) is 4.90. The number of benzene rings is 2. The molecule has 2 aromatic rings. The second kappa shape index (κ2) is 6.39. The van der Waals surface area contributed by atoms with Crippen LogP contribution >= 0.6 is 0 Å². The minimum Gasteiger partial charge on any atom is -0.385 e. The van der Waals surface area contributed by atoms with E-state index in [-0.39, 0.29) is 11.7 Å². The first-order valence-electron chi connectivity index (χ1n) is 6.91. The molecule has 2 rings (SSSR count). The number of anilines is 2. The number of halogens is 1. The third-order valence-electron chi connectivity index (χ3n) is 3.36. The van der Waals surface area contributed by atoms with Crippen LogP contribution < -0.4 is 10.2 Å². The van der Waals surface area contributed by atoms with E-state index in [0.29, 0.717) is 11.3 Å². The van der Waals surface area contributed by atoms with Crippen molar-refractivity contribution in [3.8, 4) is 0 Å². The maximum atomic E-state index is 12.9. The van der Waals surface area contributed by atoms with E-state index < -0.39 is 0 Å². The Morgan fingerprint density at radius 1 is 1.19 bits per heavy atom. The Kier molecular flexibility index (Phi) is 4.58. The van der Waals surface area contributed by atoms with Crippen molar-refractivity contribution in [1.82, 2.24) is 0 Å². The van der Waals surface area contributed by atoms with Gasteiger partial charge in [-0.25, -0.2) is 4.39 Å². The standard InChI is InChI=1S/C17H19FN2O/c1-4-19-14-7-10-16(12(2)11-14)17(21)20(3)15-8-5-13(18)6-9-15/h5-11,19H,4H2,1-3H3. The highest BCUT2D eigenvalue weighted by molar-refractivity contribution is 6.06. The van der Waals surface area contributed by atoms with Gasteiger partial charge in [0.25, 0.3) is 5.91 Å². The summed E-state index contributed by atoms with van der Waals surface area (Å²) in [5.74, 6) is -0.423. The van der Waals surface area contributed by atoms with E-state index in [4.69, 9.17) is 0 Å². The number of nitrogens with one attached hydrogen (secondary N) is 1. The highest BCUT2D eigenvalue weighted by Crippen LogP contribution is 2.20. The molecule has 21 heavy (non-hydrogen) atoms. The lowest BCUT2D eigenvalue weighted by atomic mass is 10.1. The largest absolute Gasteiger partial charge is 0.385 e. The molecule has 0 heterocycles. The lowest BCUT2D eigenvalue weighted by Gasteiger charge is -2.19. The van der Waals surface area contributed by atoms with E-state index in [1.807, 2.05) is 32.0 Å². The first-order chi connectivity index (χ1) is 10.0. The van der Waals surface area contributed by atoms with E-state index in [9.17, 15) is 9.18 Å². The molecule has 4 heteroatoms. The summed E-state index contributed by atoms with van der Waals surface area (Å²) >= 11 is 0. The number of carbonyl (C=O) groups excluding carboxylic acids is 1. The molecule has 0 unspecified atom stereocenters. The number of amides is 1. The van der Waals surface area contributed by atoms with E-state index in [2.05, 4.69) is 5.32 Å². The summed E-state index contributed by atoms with van der Waals surface area (Å²) in [6.07, 6.45) is 0. The lowest BCUT2D eigenvalue weighted by molar-refractivity contribution is 0.0992. The third kappa shape index (κ3) is 3.40. The zero-order valence-electron chi connectivity index (χ0n) is 12.5. The first-order valence-corrected chi connectivity index (χ1v) is 6.91. The van der Waals surface area contributed by atoms with Crippen molar-refractivity contribution >= 4 is 17.3 Å². The van der Waals surface area contributed by atoms with Crippen molar-refractivity contribution in [3.63, 3.8) is 0 Å². The molecule has 0 fully saturated rings. The summed E-state index contributed by atoms with van der Waals surface area (Å²) in [5, 5.41) is 3.22. The molecular weight excluding hydrogens is 267 g/mol.